The van der Waals surface area contributed by atoms with Crippen LogP contribution in [0.2, 0.25) is 0 Å². The van der Waals surface area contributed by atoms with Crippen LogP contribution in [0.1, 0.15) is 32.3 Å². The highest BCUT2D eigenvalue weighted by molar-refractivity contribution is 5.76. The van der Waals surface area contributed by atoms with Crippen molar-refractivity contribution < 1.29 is 9.18 Å². The summed E-state index contributed by atoms with van der Waals surface area (Å²) in [7, 11) is 0. The summed E-state index contributed by atoms with van der Waals surface area (Å²) in [6.45, 7) is 8.08. The Morgan fingerprint density at radius 3 is 2.61 bits per heavy atom. The average molecular weight is 321 g/mol. The van der Waals surface area contributed by atoms with Crippen LogP contribution >= 0.6 is 0 Å². The Labute approximate surface area is 138 Å². The van der Waals surface area contributed by atoms with E-state index in [1.165, 1.54) is 12.1 Å². The van der Waals surface area contributed by atoms with E-state index in [1.807, 2.05) is 17.0 Å². The van der Waals surface area contributed by atoms with Gasteiger partial charge in [-0.15, -0.1) is 0 Å². The second kappa shape index (κ2) is 8.41. The standard InChI is InChI=1S/C18H28FN3O/c1-14(2)17-13-22(18(23)8-9-20)11-3-10-21(17)12-15-4-6-16(19)7-5-15/h4-7,14,17H,3,8-13,20H2,1-2H3/t17-/m0/s1. The normalized spacial score (nSPS) is 19.9. The molecule has 2 rings (SSSR count). The molecular weight excluding hydrogens is 293 g/mol. The largest absolute Gasteiger partial charge is 0.341 e. The predicted octanol–water partition coefficient (Wildman–Crippen LogP) is 2.23. The van der Waals surface area contributed by atoms with Gasteiger partial charge in [0, 0.05) is 45.2 Å². The zero-order valence-corrected chi connectivity index (χ0v) is 14.2. The van der Waals surface area contributed by atoms with Gasteiger partial charge < -0.3 is 10.6 Å². The van der Waals surface area contributed by atoms with E-state index < -0.39 is 0 Å². The van der Waals surface area contributed by atoms with Gasteiger partial charge in [0.15, 0.2) is 0 Å². The van der Waals surface area contributed by atoms with Crippen molar-refractivity contribution in [3.05, 3.63) is 35.6 Å². The molecule has 1 amide bonds. The summed E-state index contributed by atoms with van der Waals surface area (Å²) in [6.07, 6.45) is 1.38. The number of hydrogen-bond acceptors (Lipinski definition) is 3. The molecule has 128 valence electrons. The first-order chi connectivity index (χ1) is 11.0. The van der Waals surface area contributed by atoms with Crippen LogP contribution in [-0.2, 0) is 11.3 Å². The van der Waals surface area contributed by atoms with Gasteiger partial charge in [-0.25, -0.2) is 4.39 Å². The third kappa shape index (κ3) is 5.01. The summed E-state index contributed by atoms with van der Waals surface area (Å²) in [5, 5.41) is 0. The van der Waals surface area contributed by atoms with E-state index >= 15 is 0 Å². The first-order valence-electron chi connectivity index (χ1n) is 8.47. The van der Waals surface area contributed by atoms with Gasteiger partial charge in [-0.3, -0.25) is 9.69 Å². The fraction of sp³-hybridized carbons (Fsp3) is 0.611. The van der Waals surface area contributed by atoms with Crippen molar-refractivity contribution in [2.75, 3.05) is 26.2 Å². The molecule has 2 N–H and O–H groups in total. The van der Waals surface area contributed by atoms with Gasteiger partial charge in [0.1, 0.15) is 5.82 Å². The van der Waals surface area contributed by atoms with Crippen LogP contribution < -0.4 is 5.73 Å². The van der Waals surface area contributed by atoms with E-state index in [9.17, 15) is 9.18 Å². The van der Waals surface area contributed by atoms with Crippen molar-refractivity contribution in [1.82, 2.24) is 9.80 Å². The summed E-state index contributed by atoms with van der Waals surface area (Å²) in [4.78, 5) is 16.6. The lowest BCUT2D eigenvalue weighted by Gasteiger charge is -2.34. The van der Waals surface area contributed by atoms with Crippen LogP contribution in [0, 0.1) is 11.7 Å². The number of carbonyl (C=O) groups excluding carboxylic acids is 1. The topological polar surface area (TPSA) is 49.6 Å². The maximum atomic E-state index is 13.1. The fourth-order valence-corrected chi connectivity index (χ4v) is 3.22. The molecule has 1 aliphatic heterocycles. The van der Waals surface area contributed by atoms with Gasteiger partial charge in [-0.05, 0) is 30.0 Å². The minimum absolute atomic E-state index is 0.154. The average Bonchev–Trinajstić information content (AvgIpc) is 2.72. The first kappa shape index (κ1) is 17.9. The highest BCUT2D eigenvalue weighted by atomic mass is 19.1. The van der Waals surface area contributed by atoms with E-state index in [0.717, 1.165) is 38.2 Å². The molecule has 5 heteroatoms. The van der Waals surface area contributed by atoms with E-state index in [1.54, 1.807) is 0 Å². The van der Waals surface area contributed by atoms with E-state index in [-0.39, 0.29) is 11.7 Å². The monoisotopic (exact) mass is 321 g/mol. The highest BCUT2D eigenvalue weighted by Gasteiger charge is 2.29. The van der Waals surface area contributed by atoms with Crippen molar-refractivity contribution in [3.63, 3.8) is 0 Å². The second-order valence-corrected chi connectivity index (χ2v) is 6.64. The van der Waals surface area contributed by atoms with Crippen LogP contribution in [0.4, 0.5) is 4.39 Å². The number of halogens is 1. The molecule has 1 fully saturated rings. The lowest BCUT2D eigenvalue weighted by Crippen LogP contribution is -2.45. The Kier molecular flexibility index (Phi) is 6.54. The van der Waals surface area contributed by atoms with Crippen LogP contribution in [0.5, 0.6) is 0 Å². The van der Waals surface area contributed by atoms with Gasteiger partial charge in [0.2, 0.25) is 5.91 Å². The SMILES string of the molecule is CC(C)[C@@H]1CN(C(=O)CCN)CCCN1Cc1ccc(F)cc1. The van der Waals surface area contributed by atoms with Gasteiger partial charge in [-0.2, -0.15) is 0 Å². The molecule has 1 aromatic rings. The number of nitrogens with zero attached hydrogens (tertiary/aromatic N) is 2. The predicted molar refractivity (Wildman–Crippen MR) is 90.3 cm³/mol. The van der Waals surface area contributed by atoms with Crippen molar-refractivity contribution in [2.45, 2.75) is 39.3 Å². The summed E-state index contributed by atoms with van der Waals surface area (Å²) in [6, 6.07) is 7.01. The molecule has 0 bridgehead atoms. The van der Waals surface area contributed by atoms with Crippen molar-refractivity contribution in [1.29, 1.82) is 0 Å². The summed E-state index contributed by atoms with van der Waals surface area (Å²) in [5.74, 6) is 0.395. The Balaban J connectivity index is 2.09. The van der Waals surface area contributed by atoms with Gasteiger partial charge in [-0.1, -0.05) is 26.0 Å². The summed E-state index contributed by atoms with van der Waals surface area (Å²) >= 11 is 0. The van der Waals surface area contributed by atoms with Crippen LogP contribution in [-0.4, -0.2) is 47.9 Å². The van der Waals surface area contributed by atoms with Crippen molar-refractivity contribution >= 4 is 5.91 Å². The van der Waals surface area contributed by atoms with E-state index in [0.29, 0.717) is 24.9 Å². The Hall–Kier alpha value is -1.46. The zero-order chi connectivity index (χ0) is 16.8. The van der Waals surface area contributed by atoms with Crippen molar-refractivity contribution in [2.24, 2.45) is 11.7 Å². The molecule has 0 saturated carbocycles. The lowest BCUT2D eigenvalue weighted by molar-refractivity contribution is -0.131. The van der Waals surface area contributed by atoms with E-state index in [4.69, 9.17) is 5.73 Å². The molecule has 0 spiro atoms. The molecule has 0 radical (unpaired) electrons. The van der Waals surface area contributed by atoms with Gasteiger partial charge >= 0.3 is 0 Å². The van der Waals surface area contributed by atoms with E-state index in [2.05, 4.69) is 18.7 Å². The van der Waals surface area contributed by atoms with Crippen LogP contribution in [0.15, 0.2) is 24.3 Å². The molecule has 0 aliphatic carbocycles. The summed E-state index contributed by atoms with van der Waals surface area (Å²) in [5.41, 5.74) is 6.63. The first-order valence-corrected chi connectivity index (χ1v) is 8.47. The maximum Gasteiger partial charge on any atom is 0.223 e. The number of rotatable bonds is 5. The maximum absolute atomic E-state index is 13.1. The third-order valence-electron chi connectivity index (χ3n) is 4.53. The molecule has 0 unspecified atom stereocenters. The number of benzene rings is 1. The Morgan fingerprint density at radius 2 is 2.00 bits per heavy atom. The number of hydrogen-bond donors (Lipinski definition) is 1. The summed E-state index contributed by atoms with van der Waals surface area (Å²) < 4.78 is 13.1. The van der Waals surface area contributed by atoms with Crippen molar-refractivity contribution in [3.8, 4) is 0 Å². The minimum Gasteiger partial charge on any atom is -0.341 e. The Bertz CT molecular complexity index is 503. The molecule has 4 nitrogen and oxygen atoms in total. The quantitative estimate of drug-likeness (QED) is 0.905. The molecule has 1 atom stereocenters. The lowest BCUT2D eigenvalue weighted by atomic mass is 10.0. The van der Waals surface area contributed by atoms with Crippen LogP contribution in [0.25, 0.3) is 0 Å². The molecule has 23 heavy (non-hydrogen) atoms. The number of carbonyl (C=O) groups is 1. The second-order valence-electron chi connectivity index (χ2n) is 6.64. The smallest absolute Gasteiger partial charge is 0.223 e. The Morgan fingerprint density at radius 1 is 1.30 bits per heavy atom. The fourth-order valence-electron chi connectivity index (χ4n) is 3.22. The molecule has 1 aromatic carbocycles. The third-order valence-corrected chi connectivity index (χ3v) is 4.53. The zero-order valence-electron chi connectivity index (χ0n) is 14.2. The highest BCUT2D eigenvalue weighted by Crippen LogP contribution is 2.20. The molecular formula is C18H28FN3O. The number of amides is 1. The molecule has 1 heterocycles. The number of nitrogens with two attached hydrogens (primary N) is 1. The van der Waals surface area contributed by atoms with Gasteiger partial charge in [0.25, 0.3) is 0 Å². The minimum atomic E-state index is -0.205. The van der Waals surface area contributed by atoms with Gasteiger partial charge in [0.05, 0.1) is 0 Å². The molecule has 0 aromatic heterocycles. The molecule has 1 saturated heterocycles. The molecule has 1 aliphatic rings. The van der Waals surface area contributed by atoms with Crippen LogP contribution in [0.3, 0.4) is 0 Å².